The Morgan fingerprint density at radius 3 is 2.71 bits per heavy atom. The van der Waals surface area contributed by atoms with Gasteiger partial charge in [0.1, 0.15) is 5.75 Å². The van der Waals surface area contributed by atoms with Gasteiger partial charge in [0.15, 0.2) is 6.61 Å². The highest BCUT2D eigenvalue weighted by atomic mass is 16.5. The van der Waals surface area contributed by atoms with Crippen LogP contribution in [-0.2, 0) is 19.6 Å². The number of nitrogens with zero attached hydrogens (tertiary/aromatic N) is 2. The topological polar surface area (TPSA) is 68.4 Å². The lowest BCUT2D eigenvalue weighted by atomic mass is 10.2. The summed E-state index contributed by atoms with van der Waals surface area (Å²) in [5.41, 5.74) is 0.739. The molecule has 2 rings (SSSR count). The molecule has 0 aliphatic heterocycles. The summed E-state index contributed by atoms with van der Waals surface area (Å²) >= 11 is 0. The van der Waals surface area contributed by atoms with E-state index in [0.717, 1.165) is 5.56 Å². The number of ether oxygens (including phenoxy) is 1. The van der Waals surface area contributed by atoms with Gasteiger partial charge in [0.25, 0.3) is 5.89 Å². The quantitative estimate of drug-likeness (QED) is 0.852. The summed E-state index contributed by atoms with van der Waals surface area (Å²) in [5, 5.41) is 16.8. The Labute approximate surface area is 99.1 Å². The highest BCUT2D eigenvalue weighted by Crippen LogP contribution is 2.18. The van der Waals surface area contributed by atoms with Gasteiger partial charge in [-0.15, -0.1) is 10.2 Å². The predicted molar refractivity (Wildman–Crippen MR) is 60.4 cm³/mol. The zero-order chi connectivity index (χ0) is 12.1. The number of aliphatic hydroxyl groups excluding tert-OH is 1. The minimum atomic E-state index is -0.0553. The number of aromatic nitrogens is 2. The van der Waals surface area contributed by atoms with Crippen molar-refractivity contribution < 1.29 is 14.3 Å². The van der Waals surface area contributed by atoms with Crippen LogP contribution in [0.4, 0.5) is 0 Å². The average molecular weight is 234 g/mol. The fourth-order valence-electron chi connectivity index (χ4n) is 1.40. The third kappa shape index (κ3) is 2.82. The normalized spacial score (nSPS) is 10.5. The minimum Gasteiger partial charge on any atom is -0.483 e. The molecule has 1 heterocycles. The van der Waals surface area contributed by atoms with Crippen LogP contribution in [0.5, 0.6) is 5.75 Å². The maximum atomic E-state index is 9.13. The lowest BCUT2D eigenvalue weighted by Gasteiger charge is -2.07. The van der Waals surface area contributed by atoms with E-state index in [1.54, 1.807) is 12.1 Å². The van der Waals surface area contributed by atoms with Crippen molar-refractivity contribution in [2.45, 2.75) is 26.6 Å². The summed E-state index contributed by atoms with van der Waals surface area (Å²) < 4.78 is 10.8. The first-order valence-electron chi connectivity index (χ1n) is 5.46. The van der Waals surface area contributed by atoms with Crippen molar-refractivity contribution in [1.29, 1.82) is 0 Å². The number of hydrogen-bond donors (Lipinski definition) is 1. The summed E-state index contributed by atoms with van der Waals surface area (Å²) in [6.07, 6.45) is 0.709. The molecule has 0 unspecified atom stereocenters. The second-order valence-corrected chi connectivity index (χ2v) is 3.50. The fraction of sp³-hybridized carbons (Fsp3) is 0.333. The van der Waals surface area contributed by atoms with E-state index in [0.29, 0.717) is 24.0 Å². The molecule has 0 fully saturated rings. The molecule has 0 atom stereocenters. The molecule has 2 aromatic rings. The Kier molecular flexibility index (Phi) is 3.72. The van der Waals surface area contributed by atoms with E-state index in [4.69, 9.17) is 14.3 Å². The van der Waals surface area contributed by atoms with Crippen LogP contribution in [-0.4, -0.2) is 15.3 Å². The largest absolute Gasteiger partial charge is 0.483 e. The third-order valence-electron chi connectivity index (χ3n) is 2.31. The van der Waals surface area contributed by atoms with E-state index in [-0.39, 0.29) is 13.2 Å². The molecule has 0 spiro atoms. The van der Waals surface area contributed by atoms with E-state index >= 15 is 0 Å². The van der Waals surface area contributed by atoms with E-state index < -0.39 is 0 Å². The number of aryl methyl sites for hydroxylation is 1. The van der Waals surface area contributed by atoms with Gasteiger partial charge in [0.2, 0.25) is 5.89 Å². The van der Waals surface area contributed by atoms with Crippen molar-refractivity contribution in [2.75, 3.05) is 0 Å². The molecule has 0 radical (unpaired) electrons. The third-order valence-corrected chi connectivity index (χ3v) is 2.31. The van der Waals surface area contributed by atoms with E-state index in [1.807, 2.05) is 19.1 Å². The average Bonchev–Trinajstić information content (AvgIpc) is 2.84. The second-order valence-electron chi connectivity index (χ2n) is 3.50. The maximum absolute atomic E-state index is 9.13. The number of aliphatic hydroxyl groups is 1. The first-order valence-corrected chi connectivity index (χ1v) is 5.46. The van der Waals surface area contributed by atoms with E-state index in [9.17, 15) is 0 Å². The Morgan fingerprint density at radius 1 is 1.24 bits per heavy atom. The van der Waals surface area contributed by atoms with Crippen LogP contribution < -0.4 is 4.74 Å². The molecule has 5 heteroatoms. The van der Waals surface area contributed by atoms with Gasteiger partial charge >= 0.3 is 0 Å². The zero-order valence-corrected chi connectivity index (χ0v) is 9.59. The van der Waals surface area contributed by atoms with Gasteiger partial charge in [-0.3, -0.25) is 0 Å². The van der Waals surface area contributed by atoms with E-state index in [2.05, 4.69) is 10.2 Å². The molecular weight excluding hydrogens is 220 g/mol. The van der Waals surface area contributed by atoms with Crippen molar-refractivity contribution in [3.8, 4) is 5.75 Å². The Morgan fingerprint density at radius 2 is 2.00 bits per heavy atom. The second kappa shape index (κ2) is 5.45. The van der Waals surface area contributed by atoms with Crippen molar-refractivity contribution in [3.63, 3.8) is 0 Å². The molecule has 1 aromatic carbocycles. The lowest BCUT2D eigenvalue weighted by Crippen LogP contribution is -1.98. The molecule has 0 bridgehead atoms. The minimum absolute atomic E-state index is 0.0553. The summed E-state index contributed by atoms with van der Waals surface area (Å²) in [5.74, 6) is 1.67. The summed E-state index contributed by atoms with van der Waals surface area (Å²) in [4.78, 5) is 0. The van der Waals surface area contributed by atoms with Gasteiger partial charge in [-0.25, -0.2) is 0 Å². The van der Waals surface area contributed by atoms with Crippen LogP contribution in [0.15, 0.2) is 28.7 Å². The van der Waals surface area contributed by atoms with Gasteiger partial charge in [-0.1, -0.05) is 25.1 Å². The summed E-state index contributed by atoms with van der Waals surface area (Å²) in [6, 6.07) is 7.29. The van der Waals surface area contributed by atoms with Gasteiger partial charge in [0.05, 0.1) is 6.61 Å². The van der Waals surface area contributed by atoms with Crippen molar-refractivity contribution in [1.82, 2.24) is 10.2 Å². The molecule has 1 N–H and O–H groups in total. The predicted octanol–water partition coefficient (Wildman–Crippen LogP) is 1.70. The number of para-hydroxylation sites is 1. The number of benzene rings is 1. The molecule has 0 saturated heterocycles. The molecule has 1 aromatic heterocycles. The highest BCUT2D eigenvalue weighted by molar-refractivity contribution is 5.32. The molecule has 0 aliphatic carbocycles. The van der Waals surface area contributed by atoms with Crippen LogP contribution in [0, 0.1) is 0 Å². The van der Waals surface area contributed by atoms with Crippen LogP contribution >= 0.6 is 0 Å². The number of rotatable bonds is 5. The summed E-state index contributed by atoms with van der Waals surface area (Å²) in [7, 11) is 0. The van der Waals surface area contributed by atoms with Gasteiger partial charge in [-0.2, -0.15) is 0 Å². The smallest absolute Gasteiger partial charge is 0.253 e. The first-order chi connectivity index (χ1) is 8.33. The summed E-state index contributed by atoms with van der Waals surface area (Å²) in [6.45, 7) is 2.10. The van der Waals surface area contributed by atoms with Crippen molar-refractivity contribution in [2.24, 2.45) is 0 Å². The van der Waals surface area contributed by atoms with Crippen LogP contribution in [0.25, 0.3) is 0 Å². The van der Waals surface area contributed by atoms with Gasteiger partial charge in [-0.05, 0) is 6.07 Å². The first kappa shape index (κ1) is 11.6. The van der Waals surface area contributed by atoms with Crippen molar-refractivity contribution >= 4 is 0 Å². The maximum Gasteiger partial charge on any atom is 0.253 e. The Bertz CT molecular complexity index is 482. The highest BCUT2D eigenvalue weighted by Gasteiger charge is 2.06. The van der Waals surface area contributed by atoms with E-state index in [1.165, 1.54) is 0 Å². The Hall–Kier alpha value is -1.88. The van der Waals surface area contributed by atoms with Crippen LogP contribution in [0.1, 0.15) is 24.3 Å². The number of hydrogen-bond acceptors (Lipinski definition) is 5. The molecule has 0 saturated carbocycles. The molecule has 5 nitrogen and oxygen atoms in total. The zero-order valence-electron chi connectivity index (χ0n) is 9.59. The molecule has 0 amide bonds. The molecule has 17 heavy (non-hydrogen) atoms. The lowest BCUT2D eigenvalue weighted by molar-refractivity contribution is 0.239. The van der Waals surface area contributed by atoms with Gasteiger partial charge < -0.3 is 14.3 Å². The Balaban J connectivity index is 2.01. The molecular formula is C12H14N2O3. The van der Waals surface area contributed by atoms with Crippen molar-refractivity contribution in [3.05, 3.63) is 41.6 Å². The molecule has 90 valence electrons. The fourth-order valence-corrected chi connectivity index (χ4v) is 1.40. The van der Waals surface area contributed by atoms with Crippen LogP contribution in [0.3, 0.4) is 0 Å². The van der Waals surface area contributed by atoms with Gasteiger partial charge in [0, 0.05) is 12.0 Å². The monoisotopic (exact) mass is 234 g/mol. The SMILES string of the molecule is CCc1nnc(COc2ccccc2CO)o1. The standard InChI is InChI=1S/C12H14N2O3/c1-2-11-13-14-12(17-11)8-16-10-6-4-3-5-9(10)7-15/h3-6,15H,2,7-8H2,1H3. The van der Waals surface area contributed by atoms with Crippen LogP contribution in [0.2, 0.25) is 0 Å². The molecule has 0 aliphatic rings.